The monoisotopic (exact) mass is 321 g/mol. The van der Waals surface area contributed by atoms with Crippen molar-refractivity contribution in [1.29, 1.82) is 5.41 Å². The van der Waals surface area contributed by atoms with Crippen LogP contribution < -0.4 is 10.6 Å². The Balaban J connectivity index is 2.51. The van der Waals surface area contributed by atoms with Crippen LogP contribution in [-0.2, 0) is 0 Å². The standard InChI is InChI=1S/C14H13BrFN3/c1-19(11-4-2-3-10(16)8-11)13-7-9(15)5-6-12(13)14(17)18/h2-8H,1H3,(H3,17,18). The lowest BCUT2D eigenvalue weighted by atomic mass is 10.1. The van der Waals surface area contributed by atoms with Gasteiger partial charge in [-0.3, -0.25) is 5.41 Å². The van der Waals surface area contributed by atoms with E-state index in [1.165, 1.54) is 12.1 Å². The molecule has 3 nitrogen and oxygen atoms in total. The largest absolute Gasteiger partial charge is 0.384 e. The molecule has 0 aliphatic heterocycles. The molecule has 0 fully saturated rings. The average molecular weight is 322 g/mol. The van der Waals surface area contributed by atoms with Crippen LogP contribution in [0.4, 0.5) is 15.8 Å². The van der Waals surface area contributed by atoms with Gasteiger partial charge in [-0.25, -0.2) is 4.39 Å². The first-order valence-electron chi connectivity index (χ1n) is 5.62. The van der Waals surface area contributed by atoms with Crippen molar-refractivity contribution in [2.75, 3.05) is 11.9 Å². The fourth-order valence-electron chi connectivity index (χ4n) is 1.83. The third kappa shape index (κ3) is 2.93. The molecule has 0 heterocycles. The number of hydrogen-bond acceptors (Lipinski definition) is 2. The van der Waals surface area contributed by atoms with Crippen molar-refractivity contribution in [3.63, 3.8) is 0 Å². The topological polar surface area (TPSA) is 53.1 Å². The second-order valence-electron chi connectivity index (χ2n) is 4.11. The molecule has 2 aromatic carbocycles. The summed E-state index contributed by atoms with van der Waals surface area (Å²) in [5.74, 6) is -0.325. The Kier molecular flexibility index (Phi) is 3.85. The number of nitrogens with two attached hydrogens (primary N) is 1. The molecule has 0 spiro atoms. The highest BCUT2D eigenvalue weighted by molar-refractivity contribution is 9.10. The van der Waals surface area contributed by atoms with Crippen molar-refractivity contribution < 1.29 is 4.39 Å². The van der Waals surface area contributed by atoms with Crippen LogP contribution in [0.15, 0.2) is 46.9 Å². The minimum absolute atomic E-state index is 0.0225. The zero-order valence-corrected chi connectivity index (χ0v) is 11.9. The van der Waals surface area contributed by atoms with Crippen LogP contribution in [0.3, 0.4) is 0 Å². The molecule has 3 N–H and O–H groups in total. The molecule has 2 aromatic rings. The summed E-state index contributed by atoms with van der Waals surface area (Å²) in [7, 11) is 1.81. The number of nitrogens with zero attached hydrogens (tertiary/aromatic N) is 1. The van der Waals surface area contributed by atoms with E-state index in [1.54, 1.807) is 23.1 Å². The number of rotatable bonds is 3. The molecule has 0 saturated heterocycles. The maximum atomic E-state index is 13.3. The van der Waals surface area contributed by atoms with Crippen molar-refractivity contribution in [3.05, 3.63) is 58.3 Å². The van der Waals surface area contributed by atoms with Crippen molar-refractivity contribution in [2.24, 2.45) is 5.73 Å². The Labute approximate surface area is 119 Å². The van der Waals surface area contributed by atoms with Gasteiger partial charge in [0.25, 0.3) is 0 Å². The zero-order valence-electron chi connectivity index (χ0n) is 10.3. The molecule has 2 rings (SSSR count). The van der Waals surface area contributed by atoms with Gasteiger partial charge in [0.05, 0.1) is 5.69 Å². The molecule has 0 amide bonds. The Bertz CT molecular complexity index is 628. The lowest BCUT2D eigenvalue weighted by Gasteiger charge is -2.22. The molecule has 98 valence electrons. The summed E-state index contributed by atoms with van der Waals surface area (Å²) < 4.78 is 14.1. The lowest BCUT2D eigenvalue weighted by molar-refractivity contribution is 0.628. The SMILES string of the molecule is CN(c1cccc(F)c1)c1cc(Br)ccc1C(=N)N. The molecule has 0 unspecified atom stereocenters. The summed E-state index contributed by atoms with van der Waals surface area (Å²) in [6, 6.07) is 11.7. The number of nitrogen functional groups attached to an aromatic ring is 1. The first kappa shape index (κ1) is 13.5. The molecule has 0 aliphatic carbocycles. The van der Waals surface area contributed by atoms with Crippen LogP contribution in [0.25, 0.3) is 0 Å². The van der Waals surface area contributed by atoms with Crippen LogP contribution in [0.5, 0.6) is 0 Å². The average Bonchev–Trinajstić information content (AvgIpc) is 2.37. The molecule has 0 radical (unpaired) electrons. The first-order chi connectivity index (χ1) is 8.99. The van der Waals surface area contributed by atoms with Crippen LogP contribution >= 0.6 is 15.9 Å². The molecular weight excluding hydrogens is 309 g/mol. The van der Waals surface area contributed by atoms with E-state index in [0.29, 0.717) is 11.3 Å². The highest BCUT2D eigenvalue weighted by atomic mass is 79.9. The fourth-order valence-corrected chi connectivity index (χ4v) is 2.18. The predicted molar refractivity (Wildman–Crippen MR) is 79.6 cm³/mol. The molecule has 0 saturated carbocycles. The Morgan fingerprint density at radius 1 is 1.26 bits per heavy atom. The summed E-state index contributed by atoms with van der Waals surface area (Å²) in [5.41, 5.74) is 7.62. The van der Waals surface area contributed by atoms with Gasteiger partial charge in [0.2, 0.25) is 0 Å². The summed E-state index contributed by atoms with van der Waals surface area (Å²) >= 11 is 3.39. The second kappa shape index (κ2) is 5.40. The van der Waals surface area contributed by atoms with Gasteiger partial charge < -0.3 is 10.6 Å². The normalized spacial score (nSPS) is 10.3. The molecule has 0 aromatic heterocycles. The smallest absolute Gasteiger partial charge is 0.125 e. The van der Waals surface area contributed by atoms with Gasteiger partial charge in [-0.1, -0.05) is 22.0 Å². The van der Waals surface area contributed by atoms with Crippen molar-refractivity contribution in [2.45, 2.75) is 0 Å². The molecule has 0 atom stereocenters. The van der Waals surface area contributed by atoms with Crippen LogP contribution in [0, 0.1) is 11.2 Å². The summed E-state index contributed by atoms with van der Waals surface area (Å²) in [4.78, 5) is 1.80. The Hall–Kier alpha value is -1.88. The second-order valence-corrected chi connectivity index (χ2v) is 5.03. The highest BCUT2D eigenvalue weighted by Crippen LogP contribution is 2.30. The van der Waals surface area contributed by atoms with Crippen LogP contribution in [0.1, 0.15) is 5.56 Å². The van der Waals surface area contributed by atoms with E-state index in [0.717, 1.165) is 10.2 Å². The van der Waals surface area contributed by atoms with Gasteiger partial charge in [0, 0.05) is 22.8 Å². The van der Waals surface area contributed by atoms with Gasteiger partial charge in [0.1, 0.15) is 11.7 Å². The maximum Gasteiger partial charge on any atom is 0.125 e. The van der Waals surface area contributed by atoms with Crippen molar-refractivity contribution in [3.8, 4) is 0 Å². The van der Waals surface area contributed by atoms with E-state index in [2.05, 4.69) is 15.9 Å². The van der Waals surface area contributed by atoms with Gasteiger partial charge in [0.15, 0.2) is 0 Å². The molecule has 0 bridgehead atoms. The van der Waals surface area contributed by atoms with E-state index in [-0.39, 0.29) is 11.7 Å². The van der Waals surface area contributed by atoms with Crippen molar-refractivity contribution >= 4 is 33.1 Å². The minimum atomic E-state index is -0.302. The van der Waals surface area contributed by atoms with E-state index in [9.17, 15) is 4.39 Å². The number of hydrogen-bond donors (Lipinski definition) is 2. The third-order valence-electron chi connectivity index (χ3n) is 2.81. The van der Waals surface area contributed by atoms with Crippen LogP contribution in [-0.4, -0.2) is 12.9 Å². The van der Waals surface area contributed by atoms with E-state index in [1.807, 2.05) is 19.2 Å². The maximum absolute atomic E-state index is 13.3. The number of benzene rings is 2. The molecule has 5 heteroatoms. The summed E-state index contributed by atoms with van der Waals surface area (Å²) in [6.45, 7) is 0. The molecule has 0 aliphatic rings. The first-order valence-corrected chi connectivity index (χ1v) is 6.41. The van der Waals surface area contributed by atoms with Gasteiger partial charge >= 0.3 is 0 Å². The lowest BCUT2D eigenvalue weighted by Crippen LogP contribution is -2.18. The molecular formula is C14H13BrFN3. The number of amidine groups is 1. The van der Waals surface area contributed by atoms with Crippen molar-refractivity contribution in [1.82, 2.24) is 0 Å². The van der Waals surface area contributed by atoms with E-state index in [4.69, 9.17) is 11.1 Å². The fraction of sp³-hybridized carbons (Fsp3) is 0.0714. The predicted octanol–water partition coefficient (Wildman–Crippen LogP) is 3.64. The van der Waals surface area contributed by atoms with E-state index >= 15 is 0 Å². The minimum Gasteiger partial charge on any atom is -0.384 e. The zero-order chi connectivity index (χ0) is 14.0. The number of anilines is 2. The quantitative estimate of drug-likeness (QED) is 0.669. The molecule has 19 heavy (non-hydrogen) atoms. The van der Waals surface area contributed by atoms with Crippen LogP contribution in [0.2, 0.25) is 0 Å². The highest BCUT2D eigenvalue weighted by Gasteiger charge is 2.12. The summed E-state index contributed by atoms with van der Waals surface area (Å²) in [5, 5.41) is 7.61. The number of nitrogens with one attached hydrogen (secondary N) is 1. The van der Waals surface area contributed by atoms with E-state index < -0.39 is 0 Å². The van der Waals surface area contributed by atoms with Gasteiger partial charge in [-0.2, -0.15) is 0 Å². The Morgan fingerprint density at radius 2 is 2.00 bits per heavy atom. The van der Waals surface area contributed by atoms with Gasteiger partial charge in [-0.05, 0) is 36.4 Å². The summed E-state index contributed by atoms with van der Waals surface area (Å²) in [6.07, 6.45) is 0. The Morgan fingerprint density at radius 3 is 2.63 bits per heavy atom. The third-order valence-corrected chi connectivity index (χ3v) is 3.30. The number of halogens is 2. The van der Waals surface area contributed by atoms with Gasteiger partial charge in [-0.15, -0.1) is 0 Å².